The summed E-state index contributed by atoms with van der Waals surface area (Å²) in [7, 11) is 0. The van der Waals surface area contributed by atoms with Crippen molar-refractivity contribution in [3.8, 4) is 0 Å². The van der Waals surface area contributed by atoms with Gasteiger partial charge in [0.05, 0.1) is 5.25 Å². The molecule has 0 aliphatic heterocycles. The fourth-order valence-corrected chi connectivity index (χ4v) is 5.00. The third kappa shape index (κ3) is 4.90. The lowest BCUT2D eigenvalue weighted by Gasteiger charge is -2.24. The van der Waals surface area contributed by atoms with Crippen LogP contribution in [0.15, 0.2) is 17.8 Å². The van der Waals surface area contributed by atoms with Crippen molar-refractivity contribution in [1.82, 2.24) is 20.1 Å². The topological polar surface area (TPSA) is 59.8 Å². The van der Waals surface area contributed by atoms with E-state index in [0.29, 0.717) is 18.5 Å². The molecule has 5 nitrogen and oxygen atoms in total. The highest BCUT2D eigenvalue weighted by atomic mass is 32.2. The maximum Gasteiger partial charge on any atom is 0.233 e. The Morgan fingerprint density at radius 2 is 1.85 bits per heavy atom. The van der Waals surface area contributed by atoms with Gasteiger partial charge < -0.3 is 9.88 Å². The maximum absolute atomic E-state index is 12.6. The van der Waals surface area contributed by atoms with Crippen LogP contribution in [-0.2, 0) is 11.3 Å². The summed E-state index contributed by atoms with van der Waals surface area (Å²) in [5.74, 6) is 1.69. The summed E-state index contributed by atoms with van der Waals surface area (Å²) in [4.78, 5) is 12.6. The van der Waals surface area contributed by atoms with Gasteiger partial charge in [0.15, 0.2) is 5.16 Å². The van der Waals surface area contributed by atoms with E-state index in [2.05, 4.69) is 26.7 Å². The highest BCUT2D eigenvalue weighted by Crippen LogP contribution is 2.34. The molecule has 2 fully saturated rings. The summed E-state index contributed by atoms with van der Waals surface area (Å²) in [6, 6.07) is 0.350. The van der Waals surface area contributed by atoms with E-state index in [1.807, 2.05) is 13.0 Å². The third-order valence-electron chi connectivity index (χ3n) is 5.63. The van der Waals surface area contributed by atoms with E-state index < -0.39 is 0 Å². The Morgan fingerprint density at radius 1 is 1.19 bits per heavy atom. The minimum absolute atomic E-state index is 0.120. The minimum atomic E-state index is -0.163. The zero-order valence-corrected chi connectivity index (χ0v) is 16.8. The van der Waals surface area contributed by atoms with Crippen molar-refractivity contribution >= 4 is 17.7 Å². The molecule has 0 radical (unpaired) electrons. The summed E-state index contributed by atoms with van der Waals surface area (Å²) >= 11 is 1.52. The molecule has 1 aromatic rings. The molecule has 0 bridgehead atoms. The van der Waals surface area contributed by atoms with Gasteiger partial charge in [0.25, 0.3) is 0 Å². The van der Waals surface area contributed by atoms with E-state index in [4.69, 9.17) is 0 Å². The molecule has 1 amide bonds. The third-order valence-corrected chi connectivity index (χ3v) is 6.71. The number of allylic oxidation sites excluding steroid dienone is 1. The van der Waals surface area contributed by atoms with Crippen molar-refractivity contribution in [1.29, 1.82) is 0 Å². The van der Waals surface area contributed by atoms with Crippen LogP contribution in [0.3, 0.4) is 0 Å². The predicted octanol–water partition coefficient (Wildman–Crippen LogP) is 4.44. The highest BCUT2D eigenvalue weighted by Gasteiger charge is 2.26. The van der Waals surface area contributed by atoms with Gasteiger partial charge in [-0.2, -0.15) is 0 Å². The number of nitrogens with one attached hydrogen (secondary N) is 1. The maximum atomic E-state index is 12.6. The summed E-state index contributed by atoms with van der Waals surface area (Å²) in [5, 5.41) is 12.8. The Kier molecular flexibility index (Phi) is 7.17. The van der Waals surface area contributed by atoms with E-state index in [1.165, 1.54) is 63.1 Å². The van der Waals surface area contributed by atoms with Crippen LogP contribution in [-0.4, -0.2) is 32.0 Å². The fraction of sp³-hybridized carbons (Fsp3) is 0.750. The first-order valence-electron chi connectivity index (χ1n) is 10.2. The summed E-state index contributed by atoms with van der Waals surface area (Å²) in [6.45, 7) is 6.56. The molecule has 0 unspecified atom stereocenters. The van der Waals surface area contributed by atoms with Crippen LogP contribution in [0.2, 0.25) is 0 Å². The lowest BCUT2D eigenvalue weighted by atomic mass is 9.89. The summed E-state index contributed by atoms with van der Waals surface area (Å²) in [5.41, 5.74) is 0. The van der Waals surface area contributed by atoms with Crippen LogP contribution in [0.5, 0.6) is 0 Å². The smallest absolute Gasteiger partial charge is 0.233 e. The number of nitrogens with zero attached hydrogens (tertiary/aromatic N) is 3. The van der Waals surface area contributed by atoms with E-state index in [1.54, 1.807) is 0 Å². The lowest BCUT2D eigenvalue weighted by molar-refractivity contribution is -0.121. The van der Waals surface area contributed by atoms with Gasteiger partial charge in [-0.1, -0.05) is 56.4 Å². The molecule has 1 atom stereocenters. The molecule has 1 aromatic heterocycles. The molecule has 0 aromatic carbocycles. The average Bonchev–Trinajstić information content (AvgIpc) is 3.06. The SMILES string of the molecule is C=CCn1c(S[C@@H](C)C(=O)NC2CCCCC2)nnc1C1CCCCC1. The molecule has 2 aliphatic rings. The standard InChI is InChI=1S/C20H32N4OS/c1-3-14-24-18(16-10-6-4-7-11-16)22-23-20(24)26-15(2)19(25)21-17-12-8-5-9-13-17/h3,15-17H,1,4-14H2,2H3,(H,21,25)/t15-/m0/s1. The molecule has 0 saturated heterocycles. The van der Waals surface area contributed by atoms with Crippen molar-refractivity contribution in [3.63, 3.8) is 0 Å². The van der Waals surface area contributed by atoms with Gasteiger partial charge in [0.1, 0.15) is 5.82 Å². The van der Waals surface area contributed by atoms with E-state index >= 15 is 0 Å². The van der Waals surface area contributed by atoms with Crippen LogP contribution in [0.25, 0.3) is 0 Å². The number of aromatic nitrogens is 3. The monoisotopic (exact) mass is 376 g/mol. The van der Waals surface area contributed by atoms with Gasteiger partial charge in [-0.25, -0.2) is 0 Å². The van der Waals surface area contributed by atoms with Crippen LogP contribution in [0.4, 0.5) is 0 Å². The van der Waals surface area contributed by atoms with E-state index in [9.17, 15) is 4.79 Å². The Balaban J connectivity index is 1.64. The van der Waals surface area contributed by atoms with Crippen LogP contribution in [0.1, 0.15) is 82.9 Å². The first kappa shape index (κ1) is 19.5. The molecule has 144 valence electrons. The number of carbonyl (C=O) groups is 1. The molecular formula is C20H32N4OS. The zero-order chi connectivity index (χ0) is 18.4. The van der Waals surface area contributed by atoms with Crippen molar-refractivity contribution in [2.45, 2.75) is 100 Å². The number of thioether (sulfide) groups is 1. The Labute approximate surface area is 161 Å². The zero-order valence-electron chi connectivity index (χ0n) is 16.0. The molecule has 26 heavy (non-hydrogen) atoms. The first-order valence-corrected chi connectivity index (χ1v) is 11.1. The summed E-state index contributed by atoms with van der Waals surface area (Å²) < 4.78 is 2.16. The van der Waals surface area contributed by atoms with Gasteiger partial charge in [-0.3, -0.25) is 4.79 Å². The van der Waals surface area contributed by atoms with Crippen molar-refractivity contribution < 1.29 is 4.79 Å². The van der Waals surface area contributed by atoms with Gasteiger partial charge >= 0.3 is 0 Å². The van der Waals surface area contributed by atoms with Gasteiger partial charge in [-0.05, 0) is 32.6 Å². The number of carbonyl (C=O) groups excluding carboxylic acids is 1. The molecule has 6 heteroatoms. The van der Waals surface area contributed by atoms with Crippen LogP contribution in [0, 0.1) is 0 Å². The normalized spacial score (nSPS) is 20.7. The Hall–Kier alpha value is -1.30. The molecule has 2 aliphatic carbocycles. The van der Waals surface area contributed by atoms with Crippen LogP contribution < -0.4 is 5.32 Å². The molecule has 1 N–H and O–H groups in total. The van der Waals surface area contributed by atoms with E-state index in [-0.39, 0.29) is 11.2 Å². The van der Waals surface area contributed by atoms with Gasteiger partial charge in [-0.15, -0.1) is 16.8 Å². The summed E-state index contributed by atoms with van der Waals surface area (Å²) in [6.07, 6.45) is 14.1. The minimum Gasteiger partial charge on any atom is -0.352 e. The quantitative estimate of drug-likeness (QED) is 0.564. The lowest BCUT2D eigenvalue weighted by Crippen LogP contribution is -2.40. The number of rotatable bonds is 7. The van der Waals surface area contributed by atoms with Crippen molar-refractivity contribution in [2.75, 3.05) is 0 Å². The highest BCUT2D eigenvalue weighted by molar-refractivity contribution is 8.00. The number of hydrogen-bond donors (Lipinski definition) is 1. The number of hydrogen-bond acceptors (Lipinski definition) is 4. The Morgan fingerprint density at radius 3 is 2.50 bits per heavy atom. The molecule has 3 rings (SSSR count). The molecule has 1 heterocycles. The van der Waals surface area contributed by atoms with E-state index in [0.717, 1.165) is 23.8 Å². The van der Waals surface area contributed by atoms with Crippen molar-refractivity contribution in [3.05, 3.63) is 18.5 Å². The molecule has 0 spiro atoms. The van der Waals surface area contributed by atoms with Gasteiger partial charge in [0.2, 0.25) is 5.91 Å². The largest absolute Gasteiger partial charge is 0.352 e. The second-order valence-electron chi connectivity index (χ2n) is 7.68. The van der Waals surface area contributed by atoms with Gasteiger partial charge in [0, 0.05) is 18.5 Å². The van der Waals surface area contributed by atoms with Crippen LogP contribution >= 0.6 is 11.8 Å². The molecular weight excluding hydrogens is 344 g/mol. The average molecular weight is 377 g/mol. The number of amides is 1. The van der Waals surface area contributed by atoms with Crippen molar-refractivity contribution in [2.24, 2.45) is 0 Å². The fourth-order valence-electron chi connectivity index (χ4n) is 4.13. The second-order valence-corrected chi connectivity index (χ2v) is 8.99. The predicted molar refractivity (Wildman–Crippen MR) is 106 cm³/mol. The second kappa shape index (κ2) is 9.58. The molecule has 2 saturated carbocycles. The first-order chi connectivity index (χ1) is 12.7. The Bertz CT molecular complexity index is 603.